The molecule has 1 heterocycles. The summed E-state index contributed by atoms with van der Waals surface area (Å²) >= 11 is 0. The molecule has 6 heteroatoms. The first-order valence-corrected chi connectivity index (χ1v) is 7.36. The molecule has 2 N–H and O–H groups in total. The molecule has 0 saturated heterocycles. The third-order valence-corrected chi connectivity index (χ3v) is 3.81. The van der Waals surface area contributed by atoms with Crippen LogP contribution >= 0.6 is 0 Å². The molecule has 1 saturated carbocycles. The van der Waals surface area contributed by atoms with Crippen LogP contribution in [-0.4, -0.2) is 45.2 Å². The number of rotatable bonds is 6. The SMILES string of the molecule is O=C(O)CN(C(=O)c1ccc(C(=O)c2cc[nH]c2)cc1)C1CC1. The number of carboxylic acid groups (broad SMARTS) is 1. The molecule has 0 unspecified atom stereocenters. The molecule has 23 heavy (non-hydrogen) atoms. The minimum Gasteiger partial charge on any atom is -0.480 e. The predicted octanol–water partition coefficient (Wildman–Crippen LogP) is 1.93. The predicted molar refractivity (Wildman–Crippen MR) is 82.4 cm³/mol. The molecule has 1 amide bonds. The number of H-pyrrole nitrogens is 1. The number of ketones is 1. The van der Waals surface area contributed by atoms with E-state index in [0.717, 1.165) is 12.8 Å². The first-order chi connectivity index (χ1) is 11.1. The van der Waals surface area contributed by atoms with Gasteiger partial charge in [0.2, 0.25) is 0 Å². The third-order valence-electron chi connectivity index (χ3n) is 3.81. The standard InChI is InChI=1S/C17H16N2O4/c20-15(21)10-19(14-5-6-14)17(23)12-3-1-11(2-4-12)16(22)13-7-8-18-9-13/h1-4,7-9,14,18H,5-6,10H2,(H,20,21). The normalized spacial score (nSPS) is 13.6. The van der Waals surface area contributed by atoms with Gasteiger partial charge in [0.05, 0.1) is 0 Å². The fourth-order valence-corrected chi connectivity index (χ4v) is 2.46. The highest BCUT2D eigenvalue weighted by Crippen LogP contribution is 2.28. The number of carbonyl (C=O) groups excluding carboxylic acids is 2. The van der Waals surface area contributed by atoms with E-state index in [-0.39, 0.29) is 24.3 Å². The van der Waals surface area contributed by atoms with Crippen molar-refractivity contribution in [3.05, 3.63) is 59.4 Å². The highest BCUT2D eigenvalue weighted by molar-refractivity contribution is 6.09. The highest BCUT2D eigenvalue weighted by Gasteiger charge is 2.34. The number of aromatic amines is 1. The summed E-state index contributed by atoms with van der Waals surface area (Å²) in [6.45, 7) is -0.298. The average Bonchev–Trinajstić information content (AvgIpc) is 3.25. The van der Waals surface area contributed by atoms with Gasteiger partial charge in [-0.2, -0.15) is 0 Å². The molecule has 0 bridgehead atoms. The summed E-state index contributed by atoms with van der Waals surface area (Å²) < 4.78 is 0. The second-order valence-electron chi connectivity index (χ2n) is 5.56. The lowest BCUT2D eigenvalue weighted by atomic mass is 10.0. The van der Waals surface area contributed by atoms with Crippen LogP contribution in [0.3, 0.4) is 0 Å². The van der Waals surface area contributed by atoms with E-state index >= 15 is 0 Å². The summed E-state index contributed by atoms with van der Waals surface area (Å²) in [4.78, 5) is 39.8. The van der Waals surface area contributed by atoms with Crippen molar-refractivity contribution >= 4 is 17.7 Å². The fraction of sp³-hybridized carbons (Fsp3) is 0.235. The summed E-state index contributed by atoms with van der Waals surface area (Å²) in [7, 11) is 0. The Morgan fingerprint density at radius 2 is 1.70 bits per heavy atom. The molecular formula is C17H16N2O4. The zero-order chi connectivity index (χ0) is 16.4. The second-order valence-corrected chi connectivity index (χ2v) is 5.56. The van der Waals surface area contributed by atoms with Crippen LogP contribution in [0.15, 0.2) is 42.7 Å². The number of hydrogen-bond donors (Lipinski definition) is 2. The van der Waals surface area contributed by atoms with Crippen molar-refractivity contribution in [3.8, 4) is 0 Å². The molecule has 1 aliphatic rings. The van der Waals surface area contributed by atoms with Crippen molar-refractivity contribution in [2.24, 2.45) is 0 Å². The number of benzene rings is 1. The van der Waals surface area contributed by atoms with Crippen molar-refractivity contribution in [3.63, 3.8) is 0 Å². The molecule has 3 rings (SSSR count). The first kappa shape index (κ1) is 15.0. The Hall–Kier alpha value is -2.89. The second kappa shape index (κ2) is 6.08. The van der Waals surface area contributed by atoms with E-state index in [2.05, 4.69) is 4.98 Å². The number of hydrogen-bond acceptors (Lipinski definition) is 3. The van der Waals surface area contributed by atoms with Crippen LogP contribution in [0.4, 0.5) is 0 Å². The van der Waals surface area contributed by atoms with Gasteiger partial charge in [-0.25, -0.2) is 0 Å². The maximum absolute atomic E-state index is 12.4. The Bertz CT molecular complexity index is 730. The van der Waals surface area contributed by atoms with Crippen LogP contribution in [0.1, 0.15) is 39.1 Å². The van der Waals surface area contributed by atoms with E-state index in [4.69, 9.17) is 5.11 Å². The monoisotopic (exact) mass is 312 g/mol. The fourth-order valence-electron chi connectivity index (χ4n) is 2.46. The molecule has 0 atom stereocenters. The quantitative estimate of drug-likeness (QED) is 0.798. The zero-order valence-corrected chi connectivity index (χ0v) is 12.4. The molecule has 0 radical (unpaired) electrons. The number of aliphatic carboxylic acids is 1. The van der Waals surface area contributed by atoms with Gasteiger partial charge in [-0.1, -0.05) is 12.1 Å². The van der Waals surface area contributed by atoms with Crippen LogP contribution < -0.4 is 0 Å². The van der Waals surface area contributed by atoms with Crippen molar-refractivity contribution in [2.45, 2.75) is 18.9 Å². The van der Waals surface area contributed by atoms with Crippen LogP contribution in [0.25, 0.3) is 0 Å². The Labute approximate surface area is 132 Å². The topological polar surface area (TPSA) is 90.5 Å². The Kier molecular flexibility index (Phi) is 3.97. The molecule has 1 aromatic carbocycles. The van der Waals surface area contributed by atoms with Gasteiger partial charge >= 0.3 is 5.97 Å². The number of carboxylic acids is 1. The summed E-state index contributed by atoms with van der Waals surface area (Å²) in [6.07, 6.45) is 4.96. The van der Waals surface area contributed by atoms with Crippen molar-refractivity contribution in [2.75, 3.05) is 6.54 Å². The van der Waals surface area contributed by atoms with Crippen LogP contribution in [0.2, 0.25) is 0 Å². The van der Waals surface area contributed by atoms with E-state index in [1.54, 1.807) is 42.7 Å². The average molecular weight is 312 g/mol. The van der Waals surface area contributed by atoms with Gasteiger partial charge in [-0.15, -0.1) is 0 Å². The number of nitrogens with zero attached hydrogens (tertiary/aromatic N) is 1. The van der Waals surface area contributed by atoms with Crippen LogP contribution in [0.5, 0.6) is 0 Å². The lowest BCUT2D eigenvalue weighted by molar-refractivity contribution is -0.137. The number of amides is 1. The number of carbonyl (C=O) groups is 3. The smallest absolute Gasteiger partial charge is 0.323 e. The van der Waals surface area contributed by atoms with E-state index in [1.807, 2.05) is 0 Å². The van der Waals surface area contributed by atoms with Gasteiger partial charge in [0.15, 0.2) is 5.78 Å². The Balaban J connectivity index is 1.77. The van der Waals surface area contributed by atoms with Gasteiger partial charge in [0.25, 0.3) is 5.91 Å². The first-order valence-electron chi connectivity index (χ1n) is 7.36. The molecule has 1 aromatic heterocycles. The lowest BCUT2D eigenvalue weighted by Gasteiger charge is -2.20. The van der Waals surface area contributed by atoms with Gasteiger partial charge in [0, 0.05) is 35.1 Å². The molecule has 6 nitrogen and oxygen atoms in total. The molecule has 1 fully saturated rings. The molecular weight excluding hydrogens is 296 g/mol. The van der Waals surface area contributed by atoms with Crippen LogP contribution in [-0.2, 0) is 4.79 Å². The summed E-state index contributed by atoms with van der Waals surface area (Å²) in [5, 5.41) is 8.94. The minimum absolute atomic E-state index is 0.0137. The Morgan fingerprint density at radius 3 is 2.22 bits per heavy atom. The summed E-state index contributed by atoms with van der Waals surface area (Å²) in [5.74, 6) is -1.46. The Morgan fingerprint density at radius 1 is 1.04 bits per heavy atom. The molecule has 1 aliphatic carbocycles. The van der Waals surface area contributed by atoms with Gasteiger partial charge in [0.1, 0.15) is 6.54 Å². The molecule has 0 spiro atoms. The molecule has 0 aliphatic heterocycles. The van der Waals surface area contributed by atoms with Gasteiger partial charge in [-0.05, 0) is 31.0 Å². The maximum atomic E-state index is 12.4. The van der Waals surface area contributed by atoms with E-state index in [0.29, 0.717) is 16.7 Å². The van der Waals surface area contributed by atoms with Gasteiger partial charge < -0.3 is 15.0 Å². The zero-order valence-electron chi connectivity index (χ0n) is 12.4. The van der Waals surface area contributed by atoms with E-state index < -0.39 is 5.97 Å². The van der Waals surface area contributed by atoms with E-state index in [1.165, 1.54) is 4.90 Å². The summed E-state index contributed by atoms with van der Waals surface area (Å²) in [6, 6.07) is 8.02. The van der Waals surface area contributed by atoms with Crippen LogP contribution in [0, 0.1) is 0 Å². The summed E-state index contributed by atoms with van der Waals surface area (Å²) in [5.41, 5.74) is 1.43. The number of aromatic nitrogens is 1. The number of nitrogens with one attached hydrogen (secondary N) is 1. The largest absolute Gasteiger partial charge is 0.480 e. The lowest BCUT2D eigenvalue weighted by Crippen LogP contribution is -2.37. The van der Waals surface area contributed by atoms with Crippen molar-refractivity contribution in [1.29, 1.82) is 0 Å². The third kappa shape index (κ3) is 3.31. The van der Waals surface area contributed by atoms with Gasteiger partial charge in [-0.3, -0.25) is 14.4 Å². The van der Waals surface area contributed by atoms with E-state index in [9.17, 15) is 14.4 Å². The molecule has 2 aromatic rings. The minimum atomic E-state index is -1.02. The molecule has 118 valence electrons. The highest BCUT2D eigenvalue weighted by atomic mass is 16.4. The maximum Gasteiger partial charge on any atom is 0.323 e. The van der Waals surface area contributed by atoms with Crippen molar-refractivity contribution < 1.29 is 19.5 Å². The van der Waals surface area contributed by atoms with Crippen molar-refractivity contribution in [1.82, 2.24) is 9.88 Å².